The minimum absolute atomic E-state index is 0.154. The fourth-order valence-corrected chi connectivity index (χ4v) is 4.16. The molecule has 3 rings (SSSR count). The first-order chi connectivity index (χ1) is 13.9. The summed E-state index contributed by atoms with van der Waals surface area (Å²) in [7, 11) is 0. The van der Waals surface area contributed by atoms with Gasteiger partial charge in [-0.2, -0.15) is 0 Å². The summed E-state index contributed by atoms with van der Waals surface area (Å²) in [4.78, 5) is 17.0. The van der Waals surface area contributed by atoms with Crippen molar-refractivity contribution in [1.29, 1.82) is 0 Å². The molecule has 154 valence electrons. The van der Waals surface area contributed by atoms with E-state index in [9.17, 15) is 4.79 Å². The van der Waals surface area contributed by atoms with Crippen molar-refractivity contribution >= 4 is 69.4 Å². The van der Waals surface area contributed by atoms with Crippen LogP contribution in [0.15, 0.2) is 36.4 Å². The zero-order chi connectivity index (χ0) is 21.0. The number of hydrogen-bond acceptors (Lipinski definition) is 4. The van der Waals surface area contributed by atoms with E-state index in [1.165, 1.54) is 6.07 Å². The normalized spacial score (nSPS) is 14.6. The average Bonchev–Trinajstić information content (AvgIpc) is 2.68. The molecule has 0 saturated carbocycles. The third kappa shape index (κ3) is 5.74. The van der Waals surface area contributed by atoms with E-state index in [1.54, 1.807) is 18.2 Å². The number of nitrogens with zero attached hydrogens (tertiary/aromatic N) is 2. The first-order valence-corrected chi connectivity index (χ1v) is 10.8. The summed E-state index contributed by atoms with van der Waals surface area (Å²) >= 11 is 23.7. The molecule has 0 unspecified atom stereocenters. The Kier molecular flexibility index (Phi) is 7.60. The molecular formula is C20H21Cl3N4OS. The molecule has 5 nitrogen and oxygen atoms in total. The molecule has 0 spiro atoms. The van der Waals surface area contributed by atoms with Crippen LogP contribution in [0.25, 0.3) is 0 Å². The highest BCUT2D eigenvalue weighted by Crippen LogP contribution is 2.29. The van der Waals surface area contributed by atoms with Crippen LogP contribution >= 0.6 is 47.0 Å². The fourth-order valence-electron chi connectivity index (χ4n) is 3.15. The predicted molar refractivity (Wildman–Crippen MR) is 126 cm³/mol. The molecule has 0 atom stereocenters. The Bertz CT molecular complexity index is 917. The number of nitrogens with one attached hydrogen (secondary N) is 2. The van der Waals surface area contributed by atoms with Crippen molar-refractivity contribution in [1.82, 2.24) is 10.2 Å². The molecule has 29 heavy (non-hydrogen) atoms. The van der Waals surface area contributed by atoms with Crippen LogP contribution in [0.3, 0.4) is 0 Å². The van der Waals surface area contributed by atoms with E-state index in [2.05, 4.69) is 27.4 Å². The topological polar surface area (TPSA) is 47.6 Å². The first-order valence-electron chi connectivity index (χ1n) is 9.21. The summed E-state index contributed by atoms with van der Waals surface area (Å²) in [5, 5.41) is 7.09. The molecule has 2 N–H and O–H groups in total. The lowest BCUT2D eigenvalue weighted by atomic mass is 10.2. The average molecular weight is 472 g/mol. The maximum atomic E-state index is 12.4. The maximum Gasteiger partial charge on any atom is 0.258 e. The lowest BCUT2D eigenvalue weighted by Gasteiger charge is -2.36. The number of halogens is 3. The number of likely N-dealkylation sites (N-methyl/N-ethyl adjacent to an activating group) is 1. The van der Waals surface area contributed by atoms with Gasteiger partial charge in [0.1, 0.15) is 0 Å². The molecule has 0 radical (unpaired) electrons. The Morgan fingerprint density at radius 3 is 2.38 bits per heavy atom. The zero-order valence-electron chi connectivity index (χ0n) is 15.8. The van der Waals surface area contributed by atoms with Crippen LogP contribution < -0.4 is 15.5 Å². The number of piperazine rings is 1. The molecule has 1 fully saturated rings. The molecule has 1 saturated heterocycles. The predicted octanol–water partition coefficient (Wildman–Crippen LogP) is 4.92. The molecule has 1 amide bonds. The minimum Gasteiger partial charge on any atom is -0.368 e. The number of carbonyl (C=O) groups excluding carboxylic acids is 1. The van der Waals surface area contributed by atoms with Crippen LogP contribution in [-0.2, 0) is 0 Å². The van der Waals surface area contributed by atoms with Gasteiger partial charge in [0, 0.05) is 36.9 Å². The quantitative estimate of drug-likeness (QED) is 0.620. The summed E-state index contributed by atoms with van der Waals surface area (Å²) in [6.07, 6.45) is 0. The van der Waals surface area contributed by atoms with Crippen molar-refractivity contribution in [2.24, 2.45) is 0 Å². The fraction of sp³-hybridized carbons (Fsp3) is 0.300. The molecule has 0 bridgehead atoms. The number of thiocarbonyl (C=S) groups is 1. The van der Waals surface area contributed by atoms with E-state index < -0.39 is 5.91 Å². The molecule has 2 aromatic rings. The van der Waals surface area contributed by atoms with Gasteiger partial charge in [0.25, 0.3) is 5.91 Å². The maximum absolute atomic E-state index is 12.4. The van der Waals surface area contributed by atoms with Crippen molar-refractivity contribution in [2.75, 3.05) is 42.9 Å². The molecule has 1 aliphatic heterocycles. The number of anilines is 2. The van der Waals surface area contributed by atoms with Gasteiger partial charge in [-0.05, 0) is 55.2 Å². The molecule has 2 aromatic carbocycles. The van der Waals surface area contributed by atoms with Gasteiger partial charge in [0.05, 0.1) is 21.3 Å². The Hall–Kier alpha value is -1.57. The lowest BCUT2D eigenvalue weighted by Crippen LogP contribution is -2.46. The largest absolute Gasteiger partial charge is 0.368 e. The molecule has 0 aliphatic carbocycles. The Morgan fingerprint density at radius 1 is 1.03 bits per heavy atom. The van der Waals surface area contributed by atoms with Crippen molar-refractivity contribution < 1.29 is 4.79 Å². The summed E-state index contributed by atoms with van der Waals surface area (Å²) < 4.78 is 0. The standard InChI is InChI=1S/C20H21Cl3N4OS/c1-2-26-7-9-27(10-8-26)18-6-4-14(12-17(18)23)24-20(29)25-19(28)15-5-3-13(21)11-16(15)22/h3-6,11-12H,2,7-10H2,1H3,(H2,24,25,28,29). The van der Waals surface area contributed by atoms with Crippen molar-refractivity contribution in [2.45, 2.75) is 6.92 Å². The highest BCUT2D eigenvalue weighted by atomic mass is 35.5. The monoisotopic (exact) mass is 470 g/mol. The van der Waals surface area contributed by atoms with Crippen molar-refractivity contribution in [3.8, 4) is 0 Å². The van der Waals surface area contributed by atoms with Gasteiger partial charge in [-0.15, -0.1) is 0 Å². The Morgan fingerprint density at radius 2 is 1.76 bits per heavy atom. The van der Waals surface area contributed by atoms with E-state index in [0.29, 0.717) is 21.3 Å². The van der Waals surface area contributed by atoms with Crippen LogP contribution in [0.4, 0.5) is 11.4 Å². The SMILES string of the molecule is CCN1CCN(c2ccc(NC(=S)NC(=O)c3ccc(Cl)cc3Cl)cc2Cl)CC1. The van der Waals surface area contributed by atoms with E-state index in [4.69, 9.17) is 47.0 Å². The van der Waals surface area contributed by atoms with Crippen molar-refractivity contribution in [3.05, 3.63) is 57.0 Å². The molecule has 1 aliphatic rings. The number of benzene rings is 2. The number of hydrogen-bond donors (Lipinski definition) is 2. The van der Waals surface area contributed by atoms with Gasteiger partial charge in [-0.3, -0.25) is 10.1 Å². The third-order valence-corrected chi connectivity index (χ3v) is 5.82. The number of amides is 1. The number of carbonyl (C=O) groups is 1. The highest BCUT2D eigenvalue weighted by molar-refractivity contribution is 7.80. The third-order valence-electron chi connectivity index (χ3n) is 4.77. The Balaban J connectivity index is 1.61. The van der Waals surface area contributed by atoms with Crippen LogP contribution in [-0.4, -0.2) is 48.6 Å². The summed E-state index contributed by atoms with van der Waals surface area (Å²) in [5.74, 6) is -0.416. The summed E-state index contributed by atoms with van der Waals surface area (Å²) in [6, 6.07) is 10.3. The van der Waals surface area contributed by atoms with Crippen molar-refractivity contribution in [3.63, 3.8) is 0 Å². The molecular weight excluding hydrogens is 451 g/mol. The van der Waals surface area contributed by atoms with Crippen LogP contribution in [0.5, 0.6) is 0 Å². The van der Waals surface area contributed by atoms with Gasteiger partial charge >= 0.3 is 0 Å². The minimum atomic E-state index is -0.416. The van der Waals surface area contributed by atoms with E-state index in [-0.39, 0.29) is 10.1 Å². The summed E-state index contributed by atoms with van der Waals surface area (Å²) in [5.41, 5.74) is 1.98. The van der Waals surface area contributed by atoms with E-state index >= 15 is 0 Å². The lowest BCUT2D eigenvalue weighted by molar-refractivity contribution is 0.0978. The smallest absolute Gasteiger partial charge is 0.258 e. The molecule has 9 heteroatoms. The van der Waals surface area contributed by atoms with Crippen LogP contribution in [0.2, 0.25) is 15.1 Å². The number of rotatable bonds is 4. The second kappa shape index (κ2) is 9.96. The van der Waals surface area contributed by atoms with Gasteiger partial charge in [-0.1, -0.05) is 41.7 Å². The van der Waals surface area contributed by atoms with Gasteiger partial charge in [-0.25, -0.2) is 0 Å². The second-order valence-electron chi connectivity index (χ2n) is 6.62. The van der Waals surface area contributed by atoms with E-state index in [0.717, 1.165) is 38.4 Å². The summed E-state index contributed by atoms with van der Waals surface area (Å²) in [6.45, 7) is 7.17. The van der Waals surface area contributed by atoms with E-state index in [1.807, 2.05) is 12.1 Å². The first kappa shape index (κ1) is 22.1. The molecule has 1 heterocycles. The van der Waals surface area contributed by atoms with Gasteiger partial charge in [0.2, 0.25) is 0 Å². The second-order valence-corrected chi connectivity index (χ2v) is 8.28. The van der Waals surface area contributed by atoms with Gasteiger partial charge < -0.3 is 15.1 Å². The van der Waals surface area contributed by atoms with Gasteiger partial charge in [0.15, 0.2) is 5.11 Å². The molecule has 0 aromatic heterocycles. The highest BCUT2D eigenvalue weighted by Gasteiger charge is 2.18. The Labute approximate surface area is 190 Å². The van der Waals surface area contributed by atoms with Crippen LogP contribution in [0.1, 0.15) is 17.3 Å². The zero-order valence-corrected chi connectivity index (χ0v) is 18.9. The van der Waals surface area contributed by atoms with Crippen LogP contribution in [0, 0.1) is 0 Å².